The molecule has 2 aliphatic rings. The predicted octanol–water partition coefficient (Wildman–Crippen LogP) is 3.47. The van der Waals surface area contributed by atoms with E-state index in [1.165, 1.54) is 12.4 Å². The number of anilines is 3. The fraction of sp³-hybridized carbons (Fsp3) is 0.273. The summed E-state index contributed by atoms with van der Waals surface area (Å²) in [6.45, 7) is 2.28. The van der Waals surface area contributed by atoms with Crippen LogP contribution in [0.5, 0.6) is 5.75 Å². The second-order valence-corrected chi connectivity index (χ2v) is 8.22. The number of benzene rings is 2. The quantitative estimate of drug-likeness (QED) is 0.344. The van der Waals surface area contributed by atoms with Gasteiger partial charge in [-0.15, -0.1) is 0 Å². The van der Waals surface area contributed by atoms with Crippen LogP contribution < -0.4 is 11.1 Å². The molecule has 0 spiro atoms. The SMILES string of the molecule is CN1C[C@@H]2[C@@H](C#Cc3cc4ncnc(Nc5ccc(O)c(Cl)c5)c4cc3N)[C@@H]2C1. The molecule has 1 saturated carbocycles. The van der Waals surface area contributed by atoms with Gasteiger partial charge >= 0.3 is 0 Å². The van der Waals surface area contributed by atoms with Gasteiger partial charge < -0.3 is 21.1 Å². The van der Waals surface area contributed by atoms with Crippen LogP contribution in [0.2, 0.25) is 5.02 Å². The fourth-order valence-electron chi connectivity index (χ4n) is 4.16. The summed E-state index contributed by atoms with van der Waals surface area (Å²) in [6.07, 6.45) is 1.50. The molecular weight excluding hydrogens is 386 g/mol. The highest BCUT2D eigenvalue weighted by Crippen LogP contribution is 2.50. The monoisotopic (exact) mass is 405 g/mol. The summed E-state index contributed by atoms with van der Waals surface area (Å²) in [4.78, 5) is 11.1. The van der Waals surface area contributed by atoms with E-state index < -0.39 is 0 Å². The Kier molecular flexibility index (Phi) is 4.23. The zero-order chi connectivity index (χ0) is 20.1. The van der Waals surface area contributed by atoms with Crippen molar-refractivity contribution < 1.29 is 5.11 Å². The zero-order valence-electron chi connectivity index (χ0n) is 15.9. The number of nitrogens with zero attached hydrogens (tertiary/aromatic N) is 3. The average Bonchev–Trinajstić information content (AvgIpc) is 3.15. The fourth-order valence-corrected chi connectivity index (χ4v) is 4.34. The van der Waals surface area contributed by atoms with Gasteiger partial charge in [-0.25, -0.2) is 9.97 Å². The number of piperidine rings is 1. The summed E-state index contributed by atoms with van der Waals surface area (Å²) < 4.78 is 0. The maximum atomic E-state index is 9.59. The number of aromatic hydroxyl groups is 1. The third-order valence-corrected chi connectivity index (χ3v) is 6.07. The summed E-state index contributed by atoms with van der Waals surface area (Å²) in [6, 6.07) is 8.66. The van der Waals surface area contributed by atoms with Crippen molar-refractivity contribution in [1.29, 1.82) is 0 Å². The van der Waals surface area contributed by atoms with Gasteiger partial charge in [-0.05, 0) is 49.2 Å². The minimum absolute atomic E-state index is 0.0312. The lowest BCUT2D eigenvalue weighted by atomic mass is 10.1. The molecule has 5 rings (SSSR count). The van der Waals surface area contributed by atoms with E-state index in [9.17, 15) is 5.11 Å². The van der Waals surface area contributed by atoms with Gasteiger partial charge in [0.1, 0.15) is 17.9 Å². The summed E-state index contributed by atoms with van der Waals surface area (Å²) in [5.74, 6) is 9.25. The number of rotatable bonds is 2. The van der Waals surface area contributed by atoms with Crippen LogP contribution in [0.4, 0.5) is 17.2 Å². The molecule has 2 fully saturated rings. The maximum Gasteiger partial charge on any atom is 0.141 e. The van der Waals surface area contributed by atoms with Crippen molar-refractivity contribution in [2.24, 2.45) is 17.8 Å². The van der Waals surface area contributed by atoms with Crippen LogP contribution in [-0.4, -0.2) is 40.1 Å². The van der Waals surface area contributed by atoms with Crippen LogP contribution in [0.1, 0.15) is 5.56 Å². The number of fused-ring (bicyclic) bond motifs is 2. The van der Waals surface area contributed by atoms with Gasteiger partial charge in [0.15, 0.2) is 0 Å². The average molecular weight is 406 g/mol. The number of nitrogens with one attached hydrogen (secondary N) is 1. The molecule has 6 nitrogen and oxygen atoms in total. The standard InChI is InChI=1S/C22H20ClN5O/c1-28-9-16-14(17(16)10-28)4-2-12-6-20-15(8-19(12)24)22(26-11-25-20)27-13-3-5-21(29)18(23)7-13/h3,5-8,11,14,16-17,29H,9-10,24H2,1H3,(H,25,26,27)/t14-,16-,17+. The molecule has 4 N–H and O–H groups in total. The lowest BCUT2D eigenvalue weighted by molar-refractivity contribution is 0.360. The minimum Gasteiger partial charge on any atom is -0.506 e. The molecule has 1 aliphatic heterocycles. The summed E-state index contributed by atoms with van der Waals surface area (Å²) in [5, 5.41) is 13.9. The number of aromatic nitrogens is 2. The molecule has 0 radical (unpaired) electrons. The Labute approximate surface area is 173 Å². The number of phenols is 1. The third kappa shape index (κ3) is 3.33. The first-order valence-corrected chi connectivity index (χ1v) is 9.87. The van der Waals surface area contributed by atoms with E-state index in [0.717, 1.165) is 29.6 Å². The van der Waals surface area contributed by atoms with Crippen LogP contribution in [0.3, 0.4) is 0 Å². The van der Waals surface area contributed by atoms with Crippen molar-refractivity contribution in [3.63, 3.8) is 0 Å². The number of phenolic OH excluding ortho intramolecular Hbond substituents is 1. The lowest BCUT2D eigenvalue weighted by Crippen LogP contribution is -2.18. The van der Waals surface area contributed by atoms with Crippen molar-refractivity contribution in [2.75, 3.05) is 31.2 Å². The Morgan fingerprint density at radius 2 is 2.00 bits per heavy atom. The van der Waals surface area contributed by atoms with Gasteiger partial charge in [0.2, 0.25) is 0 Å². The molecule has 2 aromatic carbocycles. The molecular formula is C22H20ClN5O. The molecule has 2 heterocycles. The first-order valence-electron chi connectivity index (χ1n) is 9.49. The first-order chi connectivity index (χ1) is 14.0. The van der Waals surface area contributed by atoms with Gasteiger partial charge in [0.05, 0.1) is 10.5 Å². The number of nitrogens with two attached hydrogens (primary N) is 1. The molecule has 0 unspecified atom stereocenters. The van der Waals surface area contributed by atoms with Gasteiger partial charge in [-0.1, -0.05) is 23.4 Å². The molecule has 146 valence electrons. The number of halogens is 1. The molecule has 0 bridgehead atoms. The van der Waals surface area contributed by atoms with Gasteiger partial charge in [-0.2, -0.15) is 0 Å². The second-order valence-electron chi connectivity index (χ2n) is 7.81. The smallest absolute Gasteiger partial charge is 0.141 e. The van der Waals surface area contributed by atoms with E-state index in [-0.39, 0.29) is 10.8 Å². The van der Waals surface area contributed by atoms with Crippen LogP contribution in [0.15, 0.2) is 36.7 Å². The number of nitrogen functional groups attached to an aromatic ring is 1. The minimum atomic E-state index is 0.0312. The van der Waals surface area contributed by atoms with Crippen LogP contribution in [0, 0.1) is 29.6 Å². The Balaban J connectivity index is 1.43. The lowest BCUT2D eigenvalue weighted by Gasteiger charge is -2.11. The molecule has 1 saturated heterocycles. The summed E-state index contributed by atoms with van der Waals surface area (Å²) in [7, 11) is 2.16. The largest absolute Gasteiger partial charge is 0.506 e. The van der Waals surface area contributed by atoms with E-state index in [2.05, 4.69) is 39.1 Å². The molecule has 29 heavy (non-hydrogen) atoms. The highest BCUT2D eigenvalue weighted by molar-refractivity contribution is 6.32. The first kappa shape index (κ1) is 18.0. The molecule has 3 aromatic rings. The van der Waals surface area contributed by atoms with Crippen LogP contribution in [0.25, 0.3) is 10.9 Å². The molecule has 3 atom stereocenters. The molecule has 7 heteroatoms. The van der Waals surface area contributed by atoms with Crippen LogP contribution >= 0.6 is 11.6 Å². The van der Waals surface area contributed by atoms with E-state index in [0.29, 0.717) is 34.9 Å². The van der Waals surface area contributed by atoms with Crippen molar-refractivity contribution in [2.45, 2.75) is 0 Å². The zero-order valence-corrected chi connectivity index (χ0v) is 16.6. The molecule has 0 amide bonds. The Bertz CT molecular complexity index is 1170. The van der Waals surface area contributed by atoms with Gasteiger partial charge in [0.25, 0.3) is 0 Å². The van der Waals surface area contributed by atoms with E-state index in [4.69, 9.17) is 17.3 Å². The molecule has 1 aliphatic carbocycles. The molecule has 1 aromatic heterocycles. The van der Waals surface area contributed by atoms with E-state index in [1.807, 2.05) is 12.1 Å². The van der Waals surface area contributed by atoms with Gasteiger partial charge in [0, 0.05) is 41.3 Å². The van der Waals surface area contributed by atoms with Crippen molar-refractivity contribution in [1.82, 2.24) is 14.9 Å². The highest BCUT2D eigenvalue weighted by Gasteiger charge is 2.53. The van der Waals surface area contributed by atoms with Crippen LogP contribution in [-0.2, 0) is 0 Å². The van der Waals surface area contributed by atoms with Crippen molar-refractivity contribution >= 4 is 39.7 Å². The topological polar surface area (TPSA) is 87.3 Å². The highest BCUT2D eigenvalue weighted by atomic mass is 35.5. The number of hydrogen-bond donors (Lipinski definition) is 3. The number of hydrogen-bond acceptors (Lipinski definition) is 6. The Morgan fingerprint density at radius 1 is 1.21 bits per heavy atom. The third-order valence-electron chi connectivity index (χ3n) is 5.77. The predicted molar refractivity (Wildman–Crippen MR) is 115 cm³/mol. The van der Waals surface area contributed by atoms with E-state index >= 15 is 0 Å². The Morgan fingerprint density at radius 3 is 2.76 bits per heavy atom. The number of likely N-dealkylation sites (tertiary alicyclic amines) is 1. The van der Waals surface area contributed by atoms with Gasteiger partial charge in [-0.3, -0.25) is 0 Å². The van der Waals surface area contributed by atoms with Crippen molar-refractivity contribution in [3.8, 4) is 17.6 Å². The van der Waals surface area contributed by atoms with E-state index in [1.54, 1.807) is 12.1 Å². The summed E-state index contributed by atoms with van der Waals surface area (Å²) in [5.41, 5.74) is 9.17. The summed E-state index contributed by atoms with van der Waals surface area (Å²) >= 11 is 5.99. The second kappa shape index (κ2) is 6.80. The Hall–Kier alpha value is -3.01. The maximum absolute atomic E-state index is 9.59. The normalized spacial score (nSPS) is 22.8. The van der Waals surface area contributed by atoms with Crippen molar-refractivity contribution in [3.05, 3.63) is 47.2 Å².